The summed E-state index contributed by atoms with van der Waals surface area (Å²) in [5, 5.41) is 0. The Kier molecular flexibility index (Phi) is 4.14. The summed E-state index contributed by atoms with van der Waals surface area (Å²) in [6.07, 6.45) is 8.16. The topological polar surface area (TPSA) is 52.6 Å². The Balaban J connectivity index is 1.84. The van der Waals surface area contributed by atoms with Crippen LogP contribution < -0.4 is 0 Å². The maximum Gasteiger partial charge on any atom is 0.582 e. The summed E-state index contributed by atoms with van der Waals surface area (Å²) < 4.78 is 10.8. The van der Waals surface area contributed by atoms with Gasteiger partial charge in [-0.05, 0) is 44.1 Å². The van der Waals surface area contributed by atoms with Gasteiger partial charge >= 0.3 is 18.5 Å². The normalized spacial score (nSPS) is 26.0. The minimum absolute atomic E-state index is 0.180. The predicted octanol–water partition coefficient (Wildman–Crippen LogP) is 4.00. The van der Waals surface area contributed by atoms with Crippen LogP contribution in [0.1, 0.15) is 59.8 Å². The van der Waals surface area contributed by atoms with Crippen LogP contribution in [-0.4, -0.2) is 18.5 Å². The molecule has 0 N–H and O–H groups in total. The summed E-state index contributed by atoms with van der Waals surface area (Å²) >= 11 is 0. The molecule has 2 fully saturated rings. The highest BCUT2D eigenvalue weighted by molar-refractivity contribution is 6.84. The van der Waals surface area contributed by atoms with E-state index in [0.717, 1.165) is 17.8 Å². The van der Waals surface area contributed by atoms with Crippen LogP contribution in [0, 0.1) is 11.2 Å². The molecule has 0 saturated carbocycles. The Bertz CT molecular complexity index is 649. The van der Waals surface area contributed by atoms with Crippen LogP contribution in [-0.2, 0) is 18.9 Å². The molecule has 24 heavy (non-hydrogen) atoms. The highest BCUT2D eigenvalue weighted by atomic mass is 16.7. The molecule has 4 nitrogen and oxygen atoms in total. The van der Waals surface area contributed by atoms with Gasteiger partial charge in [0.25, 0.3) is 0 Å². The van der Waals surface area contributed by atoms with Gasteiger partial charge in [0.1, 0.15) is 12.8 Å². The molecule has 1 aliphatic carbocycles. The van der Waals surface area contributed by atoms with Crippen molar-refractivity contribution in [2.24, 2.45) is 5.41 Å². The molecule has 0 atom stereocenters. The van der Waals surface area contributed by atoms with Gasteiger partial charge in [-0.2, -0.15) is 0 Å². The lowest BCUT2D eigenvalue weighted by molar-refractivity contribution is -0.138. The molecule has 5 heteroatoms. The number of fused-ring (bicyclic) bond motifs is 1. The highest BCUT2D eigenvalue weighted by Crippen LogP contribution is 2.43. The third-order valence-electron chi connectivity index (χ3n) is 5.46. The van der Waals surface area contributed by atoms with Crippen LogP contribution >= 0.6 is 0 Å². The van der Waals surface area contributed by atoms with Crippen molar-refractivity contribution in [3.8, 4) is 0 Å². The monoisotopic (exact) mass is 328 g/mol. The van der Waals surface area contributed by atoms with Crippen molar-refractivity contribution in [3.05, 3.63) is 40.7 Å². The first-order valence-electron chi connectivity index (χ1n) is 8.73. The SMILES string of the molecule is CC1=C(/C=C/C(C)=C/[B-]23OC(=O)C[C+]2CC(=O)O3)C(C)(C)CCC1. The van der Waals surface area contributed by atoms with Crippen LogP contribution in [0.25, 0.3) is 0 Å². The summed E-state index contributed by atoms with van der Waals surface area (Å²) in [6.45, 7) is 6.69. The zero-order valence-corrected chi connectivity index (χ0v) is 15.0. The molecule has 3 aliphatic rings. The molecule has 0 bridgehead atoms. The molecule has 0 amide bonds. The second kappa shape index (κ2) is 5.87. The van der Waals surface area contributed by atoms with Gasteiger partial charge in [-0.3, -0.25) is 9.59 Å². The third-order valence-corrected chi connectivity index (χ3v) is 5.46. The molecule has 3 rings (SSSR count). The molecule has 0 aromatic heterocycles. The minimum atomic E-state index is -2.02. The van der Waals surface area contributed by atoms with Gasteiger partial charge in [-0.25, -0.2) is 0 Å². The van der Waals surface area contributed by atoms with Crippen LogP contribution in [0.2, 0.25) is 0 Å². The van der Waals surface area contributed by atoms with Crippen LogP contribution in [0.4, 0.5) is 0 Å². The quantitative estimate of drug-likeness (QED) is 0.446. The van der Waals surface area contributed by atoms with E-state index < -0.39 is 6.55 Å². The Hall–Kier alpha value is -1.91. The Morgan fingerprint density at radius 1 is 1.21 bits per heavy atom. The van der Waals surface area contributed by atoms with Crippen molar-refractivity contribution < 1.29 is 18.9 Å². The molecule has 0 unspecified atom stereocenters. The van der Waals surface area contributed by atoms with Gasteiger partial charge in [0, 0.05) is 5.82 Å². The zero-order chi connectivity index (χ0) is 17.5. The van der Waals surface area contributed by atoms with E-state index in [4.69, 9.17) is 9.31 Å². The number of allylic oxidation sites excluding steroid dienone is 5. The van der Waals surface area contributed by atoms with Crippen LogP contribution in [0.3, 0.4) is 0 Å². The van der Waals surface area contributed by atoms with Gasteiger partial charge in [-0.1, -0.05) is 37.1 Å². The predicted molar refractivity (Wildman–Crippen MR) is 93.6 cm³/mol. The molecular weight excluding hydrogens is 303 g/mol. The lowest BCUT2D eigenvalue weighted by atomic mass is 9.48. The number of hydrogen-bond donors (Lipinski definition) is 0. The Labute approximate surface area is 144 Å². The van der Waals surface area contributed by atoms with Crippen LogP contribution in [0.15, 0.2) is 34.8 Å². The molecule has 128 valence electrons. The van der Waals surface area contributed by atoms with Crippen molar-refractivity contribution in [2.45, 2.75) is 59.8 Å². The molecule has 0 radical (unpaired) electrons. The summed E-state index contributed by atoms with van der Waals surface area (Å²) in [5.41, 5.74) is 3.94. The second-order valence-corrected chi connectivity index (χ2v) is 7.94. The van der Waals surface area contributed by atoms with E-state index in [1.807, 2.05) is 19.0 Å². The van der Waals surface area contributed by atoms with E-state index in [9.17, 15) is 9.59 Å². The Morgan fingerprint density at radius 2 is 1.83 bits per heavy atom. The van der Waals surface area contributed by atoms with Gasteiger partial charge in [0.05, 0.1) is 0 Å². The lowest BCUT2D eigenvalue weighted by Crippen LogP contribution is -2.38. The molecule has 0 spiro atoms. The highest BCUT2D eigenvalue weighted by Gasteiger charge is 2.63. The van der Waals surface area contributed by atoms with Crippen molar-refractivity contribution in [1.29, 1.82) is 0 Å². The Morgan fingerprint density at radius 3 is 2.42 bits per heavy atom. The van der Waals surface area contributed by atoms with E-state index in [0.29, 0.717) is 0 Å². The standard InChI is InChI=1S/C19H25BO4/c1-13(7-8-16-14(2)6-5-9-19(16,3)4)12-20-15(10-17(21)23-20)11-18(22)24-20/h7-8,12H,5-6,9-11H2,1-4H3/b8-7+,13-12+. The smallest absolute Gasteiger partial charge is 0.582 e. The zero-order valence-electron chi connectivity index (χ0n) is 15.0. The molecule has 2 saturated heterocycles. The second-order valence-electron chi connectivity index (χ2n) is 7.94. The van der Waals surface area contributed by atoms with E-state index in [1.54, 1.807) is 0 Å². The average Bonchev–Trinajstić information content (AvgIpc) is 2.87. The van der Waals surface area contributed by atoms with Crippen molar-refractivity contribution >= 4 is 18.5 Å². The summed E-state index contributed by atoms with van der Waals surface area (Å²) in [5.74, 6) is 1.97. The number of carbonyl (C=O) groups is 2. The van der Waals surface area contributed by atoms with Gasteiger partial charge in [0.2, 0.25) is 0 Å². The molecular formula is C19H25BO4. The van der Waals surface area contributed by atoms with Crippen molar-refractivity contribution in [3.63, 3.8) is 0 Å². The largest absolute Gasteiger partial charge is 0.610 e. The fourth-order valence-electron chi connectivity index (χ4n) is 4.20. The van der Waals surface area contributed by atoms with Gasteiger partial charge in [-0.15, -0.1) is 5.98 Å². The average molecular weight is 328 g/mol. The first-order valence-corrected chi connectivity index (χ1v) is 8.73. The van der Waals surface area contributed by atoms with E-state index in [-0.39, 0.29) is 30.2 Å². The fourth-order valence-corrected chi connectivity index (χ4v) is 4.20. The van der Waals surface area contributed by atoms with Gasteiger partial charge in [0.15, 0.2) is 0 Å². The number of hydrogen-bond acceptors (Lipinski definition) is 4. The lowest BCUT2D eigenvalue weighted by Gasteiger charge is -2.33. The summed E-state index contributed by atoms with van der Waals surface area (Å²) in [4.78, 5) is 23.2. The first-order chi connectivity index (χ1) is 11.2. The molecule has 0 aromatic rings. The number of rotatable bonds is 3. The first kappa shape index (κ1) is 16.9. The van der Waals surface area contributed by atoms with Crippen molar-refractivity contribution in [2.75, 3.05) is 0 Å². The van der Waals surface area contributed by atoms with E-state index in [2.05, 4.69) is 26.8 Å². The minimum Gasteiger partial charge on any atom is -0.610 e. The van der Waals surface area contributed by atoms with Crippen molar-refractivity contribution in [1.82, 2.24) is 0 Å². The molecule has 0 aromatic carbocycles. The van der Waals surface area contributed by atoms with E-state index >= 15 is 0 Å². The third kappa shape index (κ3) is 3.04. The summed E-state index contributed by atoms with van der Waals surface area (Å²) in [7, 11) is 0. The maximum atomic E-state index is 11.6. The van der Waals surface area contributed by atoms with E-state index in [1.165, 1.54) is 24.0 Å². The summed E-state index contributed by atoms with van der Waals surface area (Å²) in [6, 6.07) is 0. The molecule has 2 aliphatic heterocycles. The molecule has 2 heterocycles. The van der Waals surface area contributed by atoms with Gasteiger partial charge < -0.3 is 9.31 Å². The maximum absolute atomic E-state index is 11.6. The van der Waals surface area contributed by atoms with Crippen LogP contribution in [0.5, 0.6) is 0 Å². The fraction of sp³-hybridized carbons (Fsp3) is 0.526. The number of carbonyl (C=O) groups excluding carboxylic acids is 2.